The standard InChI is InChI=1S/C13H23N3O/c1-2-16-9-12(8-15-16)10-17-11-13(14)6-4-3-5-7-13/h8-9H,2-7,10-11,14H2,1H3. The van der Waals surface area contributed by atoms with E-state index in [-0.39, 0.29) is 5.54 Å². The highest BCUT2D eigenvalue weighted by Gasteiger charge is 2.27. The molecule has 0 aliphatic heterocycles. The number of hydrogen-bond acceptors (Lipinski definition) is 3. The van der Waals surface area contributed by atoms with Gasteiger partial charge in [0.25, 0.3) is 0 Å². The molecule has 1 aliphatic rings. The summed E-state index contributed by atoms with van der Waals surface area (Å²) in [6.07, 6.45) is 9.91. The normalized spacial score (nSPS) is 19.4. The molecule has 2 N–H and O–H groups in total. The first-order valence-electron chi connectivity index (χ1n) is 6.60. The molecule has 1 fully saturated rings. The summed E-state index contributed by atoms with van der Waals surface area (Å²) in [4.78, 5) is 0. The zero-order valence-electron chi connectivity index (χ0n) is 10.7. The fourth-order valence-electron chi connectivity index (χ4n) is 2.43. The smallest absolute Gasteiger partial charge is 0.0748 e. The molecule has 1 heterocycles. The zero-order valence-corrected chi connectivity index (χ0v) is 10.7. The van der Waals surface area contributed by atoms with Crippen LogP contribution in [0.3, 0.4) is 0 Å². The van der Waals surface area contributed by atoms with Gasteiger partial charge in [0.2, 0.25) is 0 Å². The van der Waals surface area contributed by atoms with Gasteiger partial charge in [-0.2, -0.15) is 5.10 Å². The minimum atomic E-state index is -0.0843. The number of ether oxygens (including phenoxy) is 1. The van der Waals surface area contributed by atoms with Gasteiger partial charge in [-0.15, -0.1) is 0 Å². The van der Waals surface area contributed by atoms with Crippen LogP contribution in [0, 0.1) is 0 Å². The van der Waals surface area contributed by atoms with Crippen molar-refractivity contribution in [2.24, 2.45) is 5.73 Å². The van der Waals surface area contributed by atoms with Crippen molar-refractivity contribution in [3.8, 4) is 0 Å². The molecule has 0 radical (unpaired) electrons. The maximum atomic E-state index is 6.31. The molecule has 0 aromatic carbocycles. The van der Waals surface area contributed by atoms with Crippen molar-refractivity contribution in [2.75, 3.05) is 6.61 Å². The molecule has 0 spiro atoms. The molecule has 1 saturated carbocycles. The second-order valence-corrected chi connectivity index (χ2v) is 5.12. The van der Waals surface area contributed by atoms with Gasteiger partial charge < -0.3 is 10.5 Å². The Morgan fingerprint density at radius 3 is 2.82 bits per heavy atom. The Bertz CT molecular complexity index is 342. The van der Waals surface area contributed by atoms with E-state index in [1.54, 1.807) is 0 Å². The third kappa shape index (κ3) is 3.54. The Hall–Kier alpha value is -0.870. The Morgan fingerprint density at radius 2 is 2.18 bits per heavy atom. The van der Waals surface area contributed by atoms with Gasteiger partial charge in [0, 0.05) is 23.8 Å². The van der Waals surface area contributed by atoms with Gasteiger partial charge in [-0.1, -0.05) is 19.3 Å². The van der Waals surface area contributed by atoms with Gasteiger partial charge in [-0.3, -0.25) is 4.68 Å². The predicted octanol–water partition coefficient (Wildman–Crippen LogP) is 2.08. The topological polar surface area (TPSA) is 53.1 Å². The van der Waals surface area contributed by atoms with Crippen molar-refractivity contribution >= 4 is 0 Å². The van der Waals surface area contributed by atoms with Crippen LogP contribution in [0.5, 0.6) is 0 Å². The van der Waals surface area contributed by atoms with E-state index in [0.717, 1.165) is 24.9 Å². The molecule has 4 heteroatoms. The molecule has 96 valence electrons. The van der Waals surface area contributed by atoms with Crippen LogP contribution in [0.1, 0.15) is 44.6 Å². The number of aromatic nitrogens is 2. The number of nitrogens with zero attached hydrogens (tertiary/aromatic N) is 2. The fourth-order valence-corrected chi connectivity index (χ4v) is 2.43. The van der Waals surface area contributed by atoms with Crippen LogP contribution < -0.4 is 5.73 Å². The Kier molecular flexibility index (Phi) is 4.18. The van der Waals surface area contributed by atoms with Crippen molar-refractivity contribution < 1.29 is 4.74 Å². The molecule has 17 heavy (non-hydrogen) atoms. The molecule has 0 amide bonds. The van der Waals surface area contributed by atoms with Crippen molar-refractivity contribution in [3.05, 3.63) is 18.0 Å². The number of rotatable bonds is 5. The molecular formula is C13H23N3O. The summed E-state index contributed by atoms with van der Waals surface area (Å²) >= 11 is 0. The maximum Gasteiger partial charge on any atom is 0.0748 e. The maximum absolute atomic E-state index is 6.31. The first-order chi connectivity index (χ1) is 8.22. The van der Waals surface area contributed by atoms with Crippen LogP contribution in [0.25, 0.3) is 0 Å². The average Bonchev–Trinajstić information content (AvgIpc) is 2.78. The Labute approximate surface area is 103 Å². The average molecular weight is 237 g/mol. The molecule has 0 saturated heterocycles. The third-order valence-corrected chi connectivity index (χ3v) is 3.52. The predicted molar refractivity (Wildman–Crippen MR) is 67.6 cm³/mol. The summed E-state index contributed by atoms with van der Waals surface area (Å²) in [6.45, 7) is 4.28. The van der Waals surface area contributed by atoms with Crippen molar-refractivity contribution in [1.82, 2.24) is 9.78 Å². The largest absolute Gasteiger partial charge is 0.375 e. The van der Waals surface area contributed by atoms with E-state index in [1.807, 2.05) is 17.1 Å². The van der Waals surface area contributed by atoms with E-state index in [4.69, 9.17) is 10.5 Å². The van der Waals surface area contributed by atoms with Gasteiger partial charge in [-0.25, -0.2) is 0 Å². The Morgan fingerprint density at radius 1 is 1.41 bits per heavy atom. The van der Waals surface area contributed by atoms with Crippen molar-refractivity contribution in [1.29, 1.82) is 0 Å². The van der Waals surface area contributed by atoms with Crippen LogP contribution >= 0.6 is 0 Å². The molecule has 4 nitrogen and oxygen atoms in total. The monoisotopic (exact) mass is 237 g/mol. The van der Waals surface area contributed by atoms with Gasteiger partial charge >= 0.3 is 0 Å². The first kappa shape index (κ1) is 12.6. The summed E-state index contributed by atoms with van der Waals surface area (Å²) in [7, 11) is 0. The molecule has 1 aliphatic carbocycles. The summed E-state index contributed by atoms with van der Waals surface area (Å²) in [5.74, 6) is 0. The lowest BCUT2D eigenvalue weighted by Crippen LogP contribution is -2.46. The Balaban J connectivity index is 1.74. The van der Waals surface area contributed by atoms with E-state index in [9.17, 15) is 0 Å². The lowest BCUT2D eigenvalue weighted by Gasteiger charge is -2.32. The van der Waals surface area contributed by atoms with E-state index in [0.29, 0.717) is 13.2 Å². The summed E-state index contributed by atoms with van der Waals surface area (Å²) in [5.41, 5.74) is 7.36. The highest BCUT2D eigenvalue weighted by atomic mass is 16.5. The van der Waals surface area contributed by atoms with Crippen LogP contribution in [0.15, 0.2) is 12.4 Å². The molecule has 0 bridgehead atoms. The second kappa shape index (κ2) is 5.65. The highest BCUT2D eigenvalue weighted by molar-refractivity contribution is 5.02. The van der Waals surface area contributed by atoms with Gasteiger partial charge in [0.05, 0.1) is 19.4 Å². The molecule has 2 rings (SSSR count). The molecule has 1 aromatic rings. The zero-order chi connectivity index (χ0) is 12.1. The van der Waals surface area contributed by atoms with E-state index >= 15 is 0 Å². The second-order valence-electron chi connectivity index (χ2n) is 5.12. The van der Waals surface area contributed by atoms with Crippen LogP contribution in [0.2, 0.25) is 0 Å². The van der Waals surface area contributed by atoms with E-state index < -0.39 is 0 Å². The lowest BCUT2D eigenvalue weighted by molar-refractivity contribution is 0.0574. The van der Waals surface area contributed by atoms with Crippen molar-refractivity contribution in [3.63, 3.8) is 0 Å². The van der Waals surface area contributed by atoms with Gasteiger partial charge in [0.1, 0.15) is 0 Å². The number of nitrogens with two attached hydrogens (primary N) is 1. The first-order valence-corrected chi connectivity index (χ1v) is 6.60. The molecular weight excluding hydrogens is 214 g/mol. The molecule has 1 aromatic heterocycles. The number of hydrogen-bond donors (Lipinski definition) is 1. The minimum Gasteiger partial charge on any atom is -0.375 e. The van der Waals surface area contributed by atoms with E-state index in [1.165, 1.54) is 19.3 Å². The summed E-state index contributed by atoms with van der Waals surface area (Å²) < 4.78 is 7.66. The molecule has 0 atom stereocenters. The minimum absolute atomic E-state index is 0.0843. The van der Waals surface area contributed by atoms with Crippen LogP contribution in [0.4, 0.5) is 0 Å². The lowest BCUT2D eigenvalue weighted by atomic mass is 9.83. The summed E-state index contributed by atoms with van der Waals surface area (Å²) in [6, 6.07) is 0. The SMILES string of the molecule is CCn1cc(COCC2(N)CCCCC2)cn1. The molecule has 0 unspecified atom stereocenters. The quantitative estimate of drug-likeness (QED) is 0.853. The van der Waals surface area contributed by atoms with Crippen molar-refractivity contribution in [2.45, 2.75) is 57.7 Å². The number of aryl methyl sites for hydroxylation is 1. The fraction of sp³-hybridized carbons (Fsp3) is 0.769. The summed E-state index contributed by atoms with van der Waals surface area (Å²) in [5, 5.41) is 4.22. The van der Waals surface area contributed by atoms with E-state index in [2.05, 4.69) is 12.0 Å². The van der Waals surface area contributed by atoms with Gasteiger partial charge in [0.15, 0.2) is 0 Å². The van der Waals surface area contributed by atoms with Crippen LogP contribution in [-0.2, 0) is 17.9 Å². The van der Waals surface area contributed by atoms with Gasteiger partial charge in [-0.05, 0) is 19.8 Å². The van der Waals surface area contributed by atoms with Crippen LogP contribution in [-0.4, -0.2) is 21.9 Å². The highest BCUT2D eigenvalue weighted by Crippen LogP contribution is 2.26. The third-order valence-electron chi connectivity index (χ3n) is 3.52.